The minimum absolute atomic E-state index is 0.0185. The lowest BCUT2D eigenvalue weighted by molar-refractivity contribution is 0.111. The van der Waals surface area contributed by atoms with Gasteiger partial charge in [-0.05, 0) is 64.1 Å². The Kier molecular flexibility index (Phi) is 18.6. The minimum Gasteiger partial charge on any atom is -0.395 e. The SMILES string of the molecule is CCN(CC)c1ccc(N=Nc2ncc(C=O)s2)c(Nc2nc(Nc3cc(N(CC)CC)ccc3N=Nc3nc(S(=O)(=O)O)c(C=O)s3)nc(N(CCO)CCO)n2)c1.O=S(=O)=O. The fraction of sp³-hybridized carbons (Fsp3) is 0.343. The number of azo groups is 2. The molecule has 0 bridgehead atoms. The molecule has 0 radical (unpaired) electrons. The van der Waals surface area contributed by atoms with E-state index in [2.05, 4.69) is 65.8 Å². The van der Waals surface area contributed by atoms with Crippen molar-refractivity contribution in [3.05, 3.63) is 52.3 Å². The van der Waals surface area contributed by atoms with Gasteiger partial charge >= 0.3 is 20.7 Å². The number of nitrogens with zero attached hydrogens (tertiary/aromatic N) is 12. The van der Waals surface area contributed by atoms with E-state index in [1.54, 1.807) is 23.1 Å². The van der Waals surface area contributed by atoms with E-state index in [1.807, 2.05) is 45.9 Å². The molecule has 2 aromatic carbocycles. The topological polar surface area (TPSA) is 328 Å². The first-order valence-electron chi connectivity index (χ1n) is 18.7. The zero-order valence-electron chi connectivity index (χ0n) is 34.1. The Morgan fingerprint density at radius 1 is 0.698 bits per heavy atom. The van der Waals surface area contributed by atoms with Crippen LogP contribution < -0.4 is 25.3 Å². The zero-order valence-corrected chi connectivity index (χ0v) is 37.3. The number of aromatic nitrogens is 5. The molecule has 0 amide bonds. The second kappa shape index (κ2) is 23.8. The molecule has 3 aromatic heterocycles. The highest BCUT2D eigenvalue weighted by molar-refractivity contribution is 7.86. The lowest BCUT2D eigenvalue weighted by atomic mass is 10.2. The van der Waals surface area contributed by atoms with Crippen molar-refractivity contribution in [3.63, 3.8) is 0 Å². The van der Waals surface area contributed by atoms with Crippen LogP contribution in [0.5, 0.6) is 0 Å². The molecule has 0 spiro atoms. The molecule has 3 heterocycles. The summed E-state index contributed by atoms with van der Waals surface area (Å²) in [5.74, 6) is 0.171. The molecule has 28 heteroatoms. The number of hydrogen-bond donors (Lipinski definition) is 5. The zero-order chi connectivity index (χ0) is 46.1. The highest BCUT2D eigenvalue weighted by Crippen LogP contribution is 2.37. The molecule has 63 heavy (non-hydrogen) atoms. The average Bonchev–Trinajstić information content (AvgIpc) is 3.91. The third-order valence-electron chi connectivity index (χ3n) is 8.43. The van der Waals surface area contributed by atoms with Crippen LogP contribution in [0.15, 0.2) is 68.1 Å². The van der Waals surface area contributed by atoms with Gasteiger partial charge < -0.3 is 35.5 Å². The molecule has 0 fully saturated rings. The number of thiazole rings is 2. The third-order valence-corrected chi connectivity index (χ3v) is 11.0. The molecule has 0 atom stereocenters. The minimum atomic E-state index is -4.80. The van der Waals surface area contributed by atoms with Crippen molar-refractivity contribution >= 4 is 118 Å². The molecule has 0 saturated heterocycles. The fourth-order valence-electron chi connectivity index (χ4n) is 5.59. The molecule has 5 N–H and O–H groups in total. The lowest BCUT2D eigenvalue weighted by Gasteiger charge is -2.24. The van der Waals surface area contributed by atoms with Crippen molar-refractivity contribution in [2.24, 2.45) is 20.5 Å². The highest BCUT2D eigenvalue weighted by Gasteiger charge is 2.22. The van der Waals surface area contributed by atoms with Gasteiger partial charge in [0.25, 0.3) is 0 Å². The Morgan fingerprint density at radius 3 is 1.59 bits per heavy atom. The lowest BCUT2D eigenvalue weighted by Crippen LogP contribution is -2.31. The monoisotopic (exact) mass is 946 g/mol. The predicted octanol–water partition coefficient (Wildman–Crippen LogP) is 5.45. The first-order chi connectivity index (χ1) is 30.2. The number of carbonyl (C=O) groups is 2. The standard InChI is InChI=1S/C35H42N14O7S3.O3S/c1-5-47(6-2)22-9-11-25(43-45-34-36-19-24(20-52)57-34)27(17-22)37-31-40-32(42-33(41-31)49(13-15-50)14-16-51)38-28-18-23(48(7-3)8-4)10-12-26(28)44-46-35-39-30(59(54,55)56)29(21-53)58-35;1-4(2)3/h9-12,17-21,50-51H,5-8,13-16H2,1-4H3,(H,54,55,56)(H2,37,38,40,41,42);. The Labute approximate surface area is 370 Å². The third kappa shape index (κ3) is 14.1. The maximum atomic E-state index is 11.8. The first kappa shape index (κ1) is 49.4. The van der Waals surface area contributed by atoms with E-state index >= 15 is 0 Å². The van der Waals surface area contributed by atoms with Crippen molar-refractivity contribution in [1.82, 2.24) is 24.9 Å². The Bertz CT molecular complexity index is 2630. The van der Waals surface area contributed by atoms with Crippen LogP contribution in [0.1, 0.15) is 47.0 Å². The summed E-state index contributed by atoms with van der Waals surface area (Å²) in [4.78, 5) is 50.4. The predicted molar refractivity (Wildman–Crippen MR) is 236 cm³/mol. The van der Waals surface area contributed by atoms with Gasteiger partial charge in [0.2, 0.25) is 33.1 Å². The van der Waals surface area contributed by atoms with E-state index < -0.39 is 25.8 Å². The molecule has 336 valence electrons. The van der Waals surface area contributed by atoms with E-state index in [-0.39, 0.29) is 71.3 Å². The molecular formula is C35H42N14O10S4. The molecule has 24 nitrogen and oxygen atoms in total. The Balaban J connectivity index is 0.00000209. The summed E-state index contributed by atoms with van der Waals surface area (Å²) in [6, 6.07) is 10.8. The smallest absolute Gasteiger partial charge is 0.395 e. The summed E-state index contributed by atoms with van der Waals surface area (Å²) < 4.78 is 58.4. The van der Waals surface area contributed by atoms with Gasteiger partial charge in [0.05, 0.1) is 35.7 Å². The molecule has 5 rings (SSSR count). The summed E-state index contributed by atoms with van der Waals surface area (Å²) in [6.45, 7) is 10.5. The van der Waals surface area contributed by atoms with Gasteiger partial charge in [0.15, 0.2) is 12.6 Å². The number of aliphatic hydroxyl groups excluding tert-OH is 2. The van der Waals surface area contributed by atoms with E-state index in [9.17, 15) is 32.8 Å². The maximum Gasteiger partial charge on any atom is 0.425 e. The van der Waals surface area contributed by atoms with Crippen LogP contribution >= 0.6 is 22.7 Å². The molecular weight excluding hydrogens is 905 g/mol. The number of anilines is 7. The number of nitrogens with one attached hydrogen (secondary N) is 2. The van der Waals surface area contributed by atoms with Crippen LogP contribution in [0.4, 0.5) is 62.2 Å². The quantitative estimate of drug-likeness (QED) is 0.0327. The molecule has 0 aliphatic rings. The number of carbonyl (C=O) groups excluding carboxylic acids is 2. The van der Waals surface area contributed by atoms with Crippen LogP contribution in [0.2, 0.25) is 0 Å². The molecule has 0 aliphatic heterocycles. The highest BCUT2D eigenvalue weighted by atomic mass is 32.2. The first-order valence-corrected chi connectivity index (χ1v) is 22.8. The second-order valence-electron chi connectivity index (χ2n) is 12.2. The van der Waals surface area contributed by atoms with Gasteiger partial charge in [0.1, 0.15) is 16.3 Å². The Hall–Kier alpha value is -6.30. The number of aliphatic hydroxyl groups is 2. The van der Waals surface area contributed by atoms with Crippen molar-refractivity contribution in [1.29, 1.82) is 0 Å². The number of hydrogen-bond acceptors (Lipinski definition) is 25. The van der Waals surface area contributed by atoms with E-state index in [1.165, 1.54) is 6.20 Å². The van der Waals surface area contributed by atoms with E-state index in [0.717, 1.165) is 35.8 Å². The van der Waals surface area contributed by atoms with Gasteiger partial charge in [-0.3, -0.25) is 14.1 Å². The average molecular weight is 947 g/mol. The van der Waals surface area contributed by atoms with E-state index in [4.69, 9.17) is 12.6 Å². The van der Waals surface area contributed by atoms with Gasteiger partial charge in [-0.1, -0.05) is 22.7 Å². The van der Waals surface area contributed by atoms with Crippen molar-refractivity contribution in [3.8, 4) is 0 Å². The van der Waals surface area contributed by atoms with Crippen molar-refractivity contribution in [2.45, 2.75) is 32.7 Å². The number of benzene rings is 2. The van der Waals surface area contributed by atoms with Crippen LogP contribution in [0.3, 0.4) is 0 Å². The largest absolute Gasteiger partial charge is 0.425 e. The van der Waals surface area contributed by atoms with Gasteiger partial charge in [-0.15, -0.1) is 33.1 Å². The van der Waals surface area contributed by atoms with E-state index in [0.29, 0.717) is 52.7 Å². The van der Waals surface area contributed by atoms with Gasteiger partial charge in [-0.25, -0.2) is 9.97 Å². The molecule has 5 aromatic rings. The summed E-state index contributed by atoms with van der Waals surface area (Å²) in [6.07, 6.45) is 2.35. The van der Waals surface area contributed by atoms with Crippen LogP contribution in [0.25, 0.3) is 0 Å². The summed E-state index contributed by atoms with van der Waals surface area (Å²) >= 11 is 1.71. The Morgan fingerprint density at radius 2 is 1.19 bits per heavy atom. The van der Waals surface area contributed by atoms with Crippen LogP contribution in [-0.4, -0.2) is 126 Å². The summed E-state index contributed by atoms with van der Waals surface area (Å²) in [7, 11) is -7.91. The van der Waals surface area contributed by atoms with Crippen molar-refractivity contribution in [2.75, 3.05) is 77.8 Å². The maximum absolute atomic E-state index is 11.8. The summed E-state index contributed by atoms with van der Waals surface area (Å²) in [5, 5.41) is 42.5. The normalized spacial score (nSPS) is 11.3. The van der Waals surface area contributed by atoms with Gasteiger partial charge in [-0.2, -0.15) is 23.4 Å². The van der Waals surface area contributed by atoms with Crippen molar-refractivity contribution < 1.29 is 45.4 Å². The van der Waals surface area contributed by atoms with Crippen LogP contribution in [0, 0.1) is 0 Å². The summed E-state index contributed by atoms with van der Waals surface area (Å²) in [5.41, 5.74) is 3.14. The van der Waals surface area contributed by atoms with Crippen LogP contribution in [-0.2, 0) is 20.7 Å². The molecule has 0 unspecified atom stereocenters. The van der Waals surface area contributed by atoms with Gasteiger partial charge in [0, 0.05) is 50.6 Å². The number of rotatable bonds is 22. The second-order valence-corrected chi connectivity index (χ2v) is 16.0. The molecule has 0 aliphatic carbocycles. The number of aldehydes is 2. The molecule has 0 saturated carbocycles. The fourth-order valence-corrected chi connectivity index (χ4v) is 7.74.